The first-order valence-corrected chi connectivity index (χ1v) is 4.27. The summed E-state index contributed by atoms with van der Waals surface area (Å²) in [6.45, 7) is 6.64. The van der Waals surface area contributed by atoms with Gasteiger partial charge in [-0.2, -0.15) is 0 Å². The topological polar surface area (TPSA) is 0 Å². The highest BCUT2D eigenvalue weighted by Gasteiger charge is 1.95. The molecule has 0 saturated heterocycles. The van der Waals surface area contributed by atoms with Gasteiger partial charge >= 0.3 is 0 Å². The zero-order chi connectivity index (χ0) is 7.11. The van der Waals surface area contributed by atoms with E-state index in [4.69, 9.17) is 0 Å². The van der Waals surface area contributed by atoms with Crippen LogP contribution >= 0.6 is 0 Å². The molecule has 0 amide bonds. The van der Waals surface area contributed by atoms with Crippen molar-refractivity contribution in [2.24, 2.45) is 5.92 Å². The lowest BCUT2D eigenvalue weighted by Gasteiger charge is -2.05. The van der Waals surface area contributed by atoms with E-state index in [2.05, 4.69) is 20.8 Å². The second-order valence-corrected chi connectivity index (χ2v) is 3.22. The molecule has 0 bridgehead atoms. The van der Waals surface area contributed by atoms with Crippen LogP contribution in [0.4, 0.5) is 0 Å². The molecular weight excluding hydrogens is 120 g/mol. The fourth-order valence-corrected chi connectivity index (χ4v) is 0.250. The van der Waals surface area contributed by atoms with Crippen LogP contribution in [0.1, 0.15) is 60.3 Å². The number of hydrogen-bond donors (Lipinski definition) is 0. The second kappa shape index (κ2) is 9.00. The van der Waals surface area contributed by atoms with E-state index in [1.165, 1.54) is 32.1 Å². The quantitative estimate of drug-likeness (QED) is 0.516. The Morgan fingerprint density at radius 2 is 1.20 bits per heavy atom. The Kier molecular flexibility index (Phi) is 11.4. The van der Waals surface area contributed by atoms with Gasteiger partial charge in [0, 0.05) is 0 Å². The predicted octanol–water partition coefficient (Wildman–Crippen LogP) is 4.25. The largest absolute Gasteiger partial charge is 0.0776 e. The van der Waals surface area contributed by atoms with Crippen LogP contribution in [0.25, 0.3) is 0 Å². The molecule has 1 rings (SSSR count). The molecular formula is C10H24. The third-order valence-electron chi connectivity index (χ3n) is 1.82. The lowest BCUT2D eigenvalue weighted by Crippen LogP contribution is -1.85. The van der Waals surface area contributed by atoms with Gasteiger partial charge in [-0.3, -0.25) is 0 Å². The maximum atomic E-state index is 2.22. The highest BCUT2D eigenvalue weighted by atomic mass is 14.0. The predicted molar refractivity (Wildman–Crippen MR) is 50.3 cm³/mol. The van der Waals surface area contributed by atoms with Gasteiger partial charge in [0.05, 0.1) is 0 Å². The van der Waals surface area contributed by atoms with Gasteiger partial charge in [-0.05, 0) is 5.92 Å². The molecule has 0 N–H and O–H groups in total. The Hall–Kier alpha value is 0. The average Bonchev–Trinajstić information content (AvgIpc) is 1.61. The van der Waals surface area contributed by atoms with Gasteiger partial charge in [-0.15, -0.1) is 0 Å². The summed E-state index contributed by atoms with van der Waals surface area (Å²) >= 11 is 0. The van der Waals surface area contributed by atoms with Crippen LogP contribution in [-0.2, 0) is 0 Å². The molecule has 0 atom stereocenters. The summed E-state index contributed by atoms with van der Waals surface area (Å²) in [7, 11) is 0. The van der Waals surface area contributed by atoms with Crippen LogP contribution in [0.3, 0.4) is 0 Å². The molecule has 0 spiro atoms. The van der Waals surface area contributed by atoms with Crippen molar-refractivity contribution in [3.05, 3.63) is 0 Å². The zero-order valence-electron chi connectivity index (χ0n) is 7.11. The Bertz CT molecular complexity index is 38.0. The minimum absolute atomic E-state index is 0. The fourth-order valence-electron chi connectivity index (χ4n) is 0.250. The molecule has 64 valence electrons. The van der Waals surface area contributed by atoms with E-state index in [1.807, 2.05) is 0 Å². The first-order chi connectivity index (χ1) is 4.27. The summed E-state index contributed by atoms with van der Waals surface area (Å²) in [5, 5.41) is 0. The van der Waals surface area contributed by atoms with E-state index in [0.717, 1.165) is 5.92 Å². The van der Waals surface area contributed by atoms with E-state index in [-0.39, 0.29) is 7.43 Å². The molecule has 0 nitrogen and oxygen atoms in total. The molecule has 1 fully saturated rings. The molecule has 0 heteroatoms. The van der Waals surface area contributed by atoms with Gasteiger partial charge in [0.15, 0.2) is 0 Å². The van der Waals surface area contributed by atoms with Crippen LogP contribution < -0.4 is 0 Å². The molecule has 0 aromatic carbocycles. The first-order valence-electron chi connectivity index (χ1n) is 4.27. The van der Waals surface area contributed by atoms with Gasteiger partial charge < -0.3 is 0 Å². The third kappa shape index (κ3) is 10.9. The number of rotatable bonds is 1. The van der Waals surface area contributed by atoms with E-state index < -0.39 is 0 Å². The summed E-state index contributed by atoms with van der Waals surface area (Å²) in [6, 6.07) is 0. The van der Waals surface area contributed by atoms with E-state index in [9.17, 15) is 0 Å². The monoisotopic (exact) mass is 144 g/mol. The van der Waals surface area contributed by atoms with Gasteiger partial charge in [0.1, 0.15) is 0 Å². The smallest absolute Gasteiger partial charge is 0.0474 e. The first kappa shape index (κ1) is 12.7. The molecule has 0 radical (unpaired) electrons. The lowest BCUT2D eigenvalue weighted by atomic mass is 10.0. The number of hydrogen-bond acceptors (Lipinski definition) is 0. The maximum Gasteiger partial charge on any atom is -0.0474 e. The molecule has 1 aliphatic carbocycles. The standard InChI is InChI=1S/C5H12.C4H8.CH4/c1-4-5(2)3;1-2-4-3-1;/h5H,4H2,1-3H3;1-4H2;1H4. The zero-order valence-corrected chi connectivity index (χ0v) is 7.11. The minimum Gasteiger partial charge on any atom is -0.0776 e. The van der Waals surface area contributed by atoms with E-state index in [0.29, 0.717) is 0 Å². The summed E-state index contributed by atoms with van der Waals surface area (Å²) in [6.07, 6.45) is 7.31. The summed E-state index contributed by atoms with van der Waals surface area (Å²) < 4.78 is 0. The van der Waals surface area contributed by atoms with Crippen LogP contribution in [0.2, 0.25) is 0 Å². The molecule has 0 aliphatic heterocycles. The van der Waals surface area contributed by atoms with Crippen LogP contribution in [0.5, 0.6) is 0 Å². The van der Waals surface area contributed by atoms with E-state index in [1.54, 1.807) is 0 Å². The van der Waals surface area contributed by atoms with E-state index >= 15 is 0 Å². The van der Waals surface area contributed by atoms with Crippen LogP contribution in [0.15, 0.2) is 0 Å². The van der Waals surface area contributed by atoms with Crippen molar-refractivity contribution >= 4 is 0 Å². The lowest BCUT2D eigenvalue weighted by molar-refractivity contribution is 0.504. The minimum atomic E-state index is 0. The Morgan fingerprint density at radius 3 is 1.20 bits per heavy atom. The fraction of sp³-hybridized carbons (Fsp3) is 1.00. The van der Waals surface area contributed by atoms with Gasteiger partial charge in [0.2, 0.25) is 0 Å². The Balaban J connectivity index is 0. The normalized spacial score (nSPS) is 14.4. The van der Waals surface area contributed by atoms with Crippen molar-refractivity contribution in [1.29, 1.82) is 0 Å². The van der Waals surface area contributed by atoms with Crippen LogP contribution in [-0.4, -0.2) is 0 Å². The molecule has 0 unspecified atom stereocenters. The highest BCUT2D eigenvalue weighted by Crippen LogP contribution is 2.15. The summed E-state index contributed by atoms with van der Waals surface area (Å²) in [4.78, 5) is 0. The van der Waals surface area contributed by atoms with Crippen molar-refractivity contribution in [3.63, 3.8) is 0 Å². The van der Waals surface area contributed by atoms with Crippen molar-refractivity contribution < 1.29 is 0 Å². The molecule has 0 aromatic rings. The van der Waals surface area contributed by atoms with Gasteiger partial charge in [0.25, 0.3) is 0 Å². The molecule has 1 saturated carbocycles. The summed E-state index contributed by atoms with van der Waals surface area (Å²) in [5.74, 6) is 0.884. The Labute approximate surface area is 67.0 Å². The average molecular weight is 144 g/mol. The Morgan fingerprint density at radius 1 is 1.00 bits per heavy atom. The molecule has 0 aromatic heterocycles. The molecule has 0 heterocycles. The third-order valence-corrected chi connectivity index (χ3v) is 1.82. The molecule has 10 heavy (non-hydrogen) atoms. The van der Waals surface area contributed by atoms with Crippen molar-refractivity contribution in [1.82, 2.24) is 0 Å². The maximum absolute atomic E-state index is 2.22. The van der Waals surface area contributed by atoms with Gasteiger partial charge in [-0.25, -0.2) is 0 Å². The van der Waals surface area contributed by atoms with Crippen molar-refractivity contribution in [3.8, 4) is 0 Å². The highest BCUT2D eigenvalue weighted by molar-refractivity contribution is 4.50. The summed E-state index contributed by atoms with van der Waals surface area (Å²) in [5.41, 5.74) is 0. The second-order valence-electron chi connectivity index (χ2n) is 3.22. The van der Waals surface area contributed by atoms with Gasteiger partial charge in [-0.1, -0.05) is 60.3 Å². The SMILES string of the molecule is C.C1CCC1.CCC(C)C. The van der Waals surface area contributed by atoms with Crippen molar-refractivity contribution in [2.45, 2.75) is 60.3 Å². The van der Waals surface area contributed by atoms with Crippen molar-refractivity contribution in [2.75, 3.05) is 0 Å². The van der Waals surface area contributed by atoms with Crippen LogP contribution in [0, 0.1) is 5.92 Å². The molecule has 1 aliphatic rings.